The van der Waals surface area contributed by atoms with Gasteiger partial charge in [0.2, 0.25) is 0 Å². The van der Waals surface area contributed by atoms with E-state index < -0.39 is 6.10 Å². The molecule has 0 amide bonds. The Bertz CT molecular complexity index is 1390. The molecule has 4 heteroatoms. The molecule has 0 aliphatic carbocycles. The smallest absolute Gasteiger partial charge is 0.0713 e. The van der Waals surface area contributed by atoms with Crippen LogP contribution in [0.4, 0.5) is 0 Å². The van der Waals surface area contributed by atoms with Crippen LogP contribution in [-0.2, 0) is 25.9 Å². The van der Waals surface area contributed by atoms with E-state index in [-0.39, 0.29) is 12.1 Å². The number of pyridine rings is 1. The highest BCUT2D eigenvalue weighted by Crippen LogP contribution is 2.24. The molecular weight excluding hydrogens is 502 g/mol. The van der Waals surface area contributed by atoms with E-state index in [1.54, 1.807) is 0 Å². The van der Waals surface area contributed by atoms with Crippen LogP contribution >= 0.6 is 0 Å². The second kappa shape index (κ2) is 14.5. The Labute approximate surface area is 244 Å². The zero-order valence-corrected chi connectivity index (χ0v) is 23.5. The standard InChI is InChI=1S/C37H39N3O/c38-34(24-29-12-4-1-5-13-29)26-37(41)36(25-30-19-21-33(22-20-30)35-18-10-11-23-39-35)40(27-31-14-6-2-7-15-31)28-32-16-8-3-9-17-32/h1-23,34,36-37,41H,24-28,38H2/t34-,36-,37-/m0/s1. The van der Waals surface area contributed by atoms with E-state index in [2.05, 4.69) is 94.8 Å². The fourth-order valence-corrected chi connectivity index (χ4v) is 5.49. The Morgan fingerprint density at radius 2 is 1.10 bits per heavy atom. The summed E-state index contributed by atoms with van der Waals surface area (Å²) in [5.74, 6) is 0. The highest BCUT2D eigenvalue weighted by molar-refractivity contribution is 5.59. The van der Waals surface area contributed by atoms with Crippen molar-refractivity contribution < 1.29 is 5.11 Å². The predicted molar refractivity (Wildman–Crippen MR) is 168 cm³/mol. The van der Waals surface area contributed by atoms with Gasteiger partial charge in [0.15, 0.2) is 0 Å². The van der Waals surface area contributed by atoms with Crippen LogP contribution < -0.4 is 5.73 Å². The number of benzene rings is 4. The van der Waals surface area contributed by atoms with Crippen molar-refractivity contribution >= 4 is 0 Å². The molecule has 5 rings (SSSR count). The van der Waals surface area contributed by atoms with Gasteiger partial charge in [0, 0.05) is 36.9 Å². The molecule has 0 saturated carbocycles. The molecule has 0 spiro atoms. The first-order chi connectivity index (χ1) is 20.1. The highest BCUT2D eigenvalue weighted by atomic mass is 16.3. The molecule has 0 radical (unpaired) electrons. The van der Waals surface area contributed by atoms with Crippen LogP contribution in [0, 0.1) is 0 Å². The van der Waals surface area contributed by atoms with E-state index in [1.807, 2.05) is 54.7 Å². The molecule has 3 N–H and O–H groups in total. The van der Waals surface area contributed by atoms with Crippen molar-refractivity contribution in [2.45, 2.75) is 50.5 Å². The molecular formula is C37H39N3O. The molecule has 4 nitrogen and oxygen atoms in total. The molecule has 0 aliphatic rings. The van der Waals surface area contributed by atoms with Crippen molar-refractivity contribution in [3.63, 3.8) is 0 Å². The summed E-state index contributed by atoms with van der Waals surface area (Å²) in [6.07, 6.45) is 3.18. The molecule has 3 atom stereocenters. The number of hydrogen-bond donors (Lipinski definition) is 2. The van der Waals surface area contributed by atoms with E-state index in [0.29, 0.717) is 12.8 Å². The lowest BCUT2D eigenvalue weighted by atomic mass is 9.92. The maximum atomic E-state index is 11.8. The number of rotatable bonds is 13. The highest BCUT2D eigenvalue weighted by Gasteiger charge is 2.28. The average Bonchev–Trinajstić information content (AvgIpc) is 3.02. The minimum Gasteiger partial charge on any atom is -0.391 e. The zero-order chi connectivity index (χ0) is 28.3. The third-order valence-electron chi connectivity index (χ3n) is 7.61. The summed E-state index contributed by atoms with van der Waals surface area (Å²) in [5, 5.41) is 11.8. The number of nitrogens with two attached hydrogens (primary N) is 1. The van der Waals surface area contributed by atoms with Gasteiger partial charge in [-0.1, -0.05) is 121 Å². The van der Waals surface area contributed by atoms with Crippen molar-refractivity contribution in [1.82, 2.24) is 9.88 Å². The Morgan fingerprint density at radius 1 is 0.585 bits per heavy atom. The number of aliphatic hydroxyl groups is 1. The lowest BCUT2D eigenvalue weighted by Gasteiger charge is -2.36. The van der Waals surface area contributed by atoms with E-state index in [4.69, 9.17) is 5.73 Å². The van der Waals surface area contributed by atoms with Crippen molar-refractivity contribution in [2.24, 2.45) is 5.73 Å². The van der Waals surface area contributed by atoms with Gasteiger partial charge in [-0.2, -0.15) is 0 Å². The van der Waals surface area contributed by atoms with Gasteiger partial charge < -0.3 is 10.8 Å². The van der Waals surface area contributed by atoms with Gasteiger partial charge >= 0.3 is 0 Å². The molecule has 0 fully saturated rings. The molecule has 5 aromatic rings. The van der Waals surface area contributed by atoms with Crippen LogP contribution in [0.1, 0.15) is 28.7 Å². The molecule has 41 heavy (non-hydrogen) atoms. The number of nitrogens with zero attached hydrogens (tertiary/aromatic N) is 2. The van der Waals surface area contributed by atoms with Gasteiger partial charge in [-0.15, -0.1) is 0 Å². The fraction of sp³-hybridized carbons (Fsp3) is 0.216. The molecule has 4 aromatic carbocycles. The monoisotopic (exact) mass is 541 g/mol. The molecule has 0 saturated heterocycles. The minimum atomic E-state index is -0.600. The molecule has 0 unspecified atom stereocenters. The van der Waals surface area contributed by atoms with E-state index >= 15 is 0 Å². The Morgan fingerprint density at radius 3 is 1.63 bits per heavy atom. The van der Waals surface area contributed by atoms with Crippen molar-refractivity contribution in [2.75, 3.05) is 0 Å². The zero-order valence-electron chi connectivity index (χ0n) is 23.5. The second-order valence-electron chi connectivity index (χ2n) is 10.8. The van der Waals surface area contributed by atoms with Gasteiger partial charge in [-0.05, 0) is 53.6 Å². The summed E-state index contributed by atoms with van der Waals surface area (Å²) in [6, 6.07) is 45.6. The van der Waals surface area contributed by atoms with Gasteiger partial charge in [-0.3, -0.25) is 9.88 Å². The fourth-order valence-electron chi connectivity index (χ4n) is 5.49. The van der Waals surface area contributed by atoms with Crippen LogP contribution in [0.25, 0.3) is 11.3 Å². The first kappa shape index (κ1) is 28.4. The van der Waals surface area contributed by atoms with Gasteiger partial charge in [0.1, 0.15) is 0 Å². The molecule has 0 bridgehead atoms. The third kappa shape index (κ3) is 8.45. The maximum Gasteiger partial charge on any atom is 0.0713 e. The number of hydrogen-bond acceptors (Lipinski definition) is 4. The van der Waals surface area contributed by atoms with Crippen molar-refractivity contribution in [3.05, 3.63) is 162 Å². The van der Waals surface area contributed by atoms with Gasteiger partial charge in [0.25, 0.3) is 0 Å². The number of aliphatic hydroxyl groups excluding tert-OH is 1. The van der Waals surface area contributed by atoms with Crippen LogP contribution in [0.5, 0.6) is 0 Å². The van der Waals surface area contributed by atoms with E-state index in [1.165, 1.54) is 22.3 Å². The first-order valence-corrected chi connectivity index (χ1v) is 14.4. The summed E-state index contributed by atoms with van der Waals surface area (Å²) >= 11 is 0. The topological polar surface area (TPSA) is 62.4 Å². The normalized spacial score (nSPS) is 13.5. The van der Waals surface area contributed by atoms with Crippen LogP contribution in [0.2, 0.25) is 0 Å². The van der Waals surface area contributed by atoms with E-state index in [0.717, 1.165) is 30.8 Å². The SMILES string of the molecule is N[C@@H](Cc1ccccc1)C[C@H](O)[C@H](Cc1ccc(-c2ccccn2)cc1)N(Cc1ccccc1)Cc1ccccc1. The van der Waals surface area contributed by atoms with Gasteiger partial charge in [-0.25, -0.2) is 0 Å². The lowest BCUT2D eigenvalue weighted by Crippen LogP contribution is -2.46. The summed E-state index contributed by atoms with van der Waals surface area (Å²) in [5.41, 5.74) is 13.5. The lowest BCUT2D eigenvalue weighted by molar-refractivity contribution is 0.0301. The summed E-state index contributed by atoms with van der Waals surface area (Å²) < 4.78 is 0. The minimum absolute atomic E-state index is 0.127. The summed E-state index contributed by atoms with van der Waals surface area (Å²) in [6.45, 7) is 1.47. The maximum absolute atomic E-state index is 11.8. The quantitative estimate of drug-likeness (QED) is 0.174. The van der Waals surface area contributed by atoms with Crippen molar-refractivity contribution in [3.8, 4) is 11.3 Å². The van der Waals surface area contributed by atoms with Crippen LogP contribution in [0.15, 0.2) is 140 Å². The third-order valence-corrected chi connectivity index (χ3v) is 7.61. The molecule has 0 aliphatic heterocycles. The van der Waals surface area contributed by atoms with Crippen LogP contribution in [-0.4, -0.2) is 33.2 Å². The Hall–Kier alpha value is -4.09. The van der Waals surface area contributed by atoms with E-state index in [9.17, 15) is 5.11 Å². The number of aromatic nitrogens is 1. The van der Waals surface area contributed by atoms with Crippen LogP contribution in [0.3, 0.4) is 0 Å². The Kier molecular flexibility index (Phi) is 10.1. The summed E-state index contributed by atoms with van der Waals surface area (Å²) in [4.78, 5) is 6.91. The molecule has 1 heterocycles. The molecule has 208 valence electrons. The Balaban J connectivity index is 1.41. The second-order valence-corrected chi connectivity index (χ2v) is 10.8. The average molecular weight is 542 g/mol. The molecule has 1 aromatic heterocycles. The summed E-state index contributed by atoms with van der Waals surface area (Å²) in [7, 11) is 0. The van der Waals surface area contributed by atoms with Crippen molar-refractivity contribution in [1.29, 1.82) is 0 Å². The first-order valence-electron chi connectivity index (χ1n) is 14.4. The predicted octanol–water partition coefficient (Wildman–Crippen LogP) is 6.68. The van der Waals surface area contributed by atoms with Gasteiger partial charge in [0.05, 0.1) is 11.8 Å². The largest absolute Gasteiger partial charge is 0.391 e.